The molecular weight excluding hydrogens is 398 g/mol. The maximum absolute atomic E-state index is 12.7. The first kappa shape index (κ1) is 17.4. The molecule has 1 aromatic heterocycles. The van der Waals surface area contributed by atoms with Crippen LogP contribution in [0.25, 0.3) is 21.9 Å². The fourth-order valence-electron chi connectivity index (χ4n) is 2.61. The lowest BCUT2D eigenvalue weighted by molar-refractivity contribution is 0.217. The highest BCUT2D eigenvalue weighted by atomic mass is 79.9. The summed E-state index contributed by atoms with van der Waals surface area (Å²) in [7, 11) is -3.81. The van der Waals surface area contributed by atoms with E-state index < -0.39 is 10.0 Å². The van der Waals surface area contributed by atoms with E-state index in [4.69, 9.17) is 14.6 Å². The highest BCUT2D eigenvalue weighted by Gasteiger charge is 2.24. The Bertz CT molecular complexity index is 977. The van der Waals surface area contributed by atoms with Gasteiger partial charge >= 0.3 is 0 Å². The van der Waals surface area contributed by atoms with Gasteiger partial charge in [0, 0.05) is 28.3 Å². The van der Waals surface area contributed by atoms with Gasteiger partial charge in [-0.25, -0.2) is 8.42 Å². The minimum absolute atomic E-state index is 0.0694. The first-order valence-corrected chi connectivity index (χ1v) is 9.54. The lowest BCUT2D eigenvalue weighted by Gasteiger charge is -2.20. The third-order valence-corrected chi connectivity index (χ3v) is 6.13. The first-order chi connectivity index (χ1) is 11.5. The van der Waals surface area contributed by atoms with Crippen LogP contribution in [0, 0.1) is 0 Å². The van der Waals surface area contributed by atoms with Crippen molar-refractivity contribution in [2.75, 3.05) is 26.3 Å². The van der Waals surface area contributed by atoms with Crippen molar-refractivity contribution in [2.24, 2.45) is 0 Å². The van der Waals surface area contributed by atoms with E-state index in [2.05, 4.69) is 15.9 Å². The van der Waals surface area contributed by atoms with Crippen LogP contribution in [0.3, 0.4) is 0 Å². The highest BCUT2D eigenvalue weighted by molar-refractivity contribution is 9.10. The van der Waals surface area contributed by atoms with Crippen LogP contribution in [-0.4, -0.2) is 49.2 Å². The molecule has 0 aliphatic rings. The first-order valence-electron chi connectivity index (χ1n) is 7.31. The molecule has 0 aliphatic heterocycles. The van der Waals surface area contributed by atoms with Gasteiger partial charge in [0.1, 0.15) is 11.2 Å². The summed E-state index contributed by atoms with van der Waals surface area (Å²) in [5, 5.41) is 19.7. The van der Waals surface area contributed by atoms with Crippen LogP contribution in [0.15, 0.2) is 50.2 Å². The number of fused-ring (bicyclic) bond motifs is 3. The largest absolute Gasteiger partial charge is 0.456 e. The molecule has 0 fully saturated rings. The van der Waals surface area contributed by atoms with Crippen molar-refractivity contribution < 1.29 is 23.0 Å². The molecule has 24 heavy (non-hydrogen) atoms. The van der Waals surface area contributed by atoms with Crippen LogP contribution in [0.4, 0.5) is 0 Å². The smallest absolute Gasteiger partial charge is 0.243 e. The summed E-state index contributed by atoms with van der Waals surface area (Å²) in [6.45, 7) is -0.770. The molecule has 0 bridgehead atoms. The molecule has 3 aromatic rings. The van der Waals surface area contributed by atoms with Crippen molar-refractivity contribution >= 4 is 47.9 Å². The van der Waals surface area contributed by atoms with E-state index in [1.165, 1.54) is 6.07 Å². The molecule has 0 amide bonds. The maximum Gasteiger partial charge on any atom is 0.243 e. The molecule has 0 atom stereocenters. The Kier molecular flexibility index (Phi) is 4.93. The fourth-order valence-corrected chi connectivity index (χ4v) is 4.40. The fraction of sp³-hybridized carbons (Fsp3) is 0.250. The second kappa shape index (κ2) is 6.81. The Morgan fingerprint density at radius 2 is 1.67 bits per heavy atom. The SMILES string of the molecule is O=S(=O)(c1ccc2oc3cc(Br)ccc3c2c1)N(CCO)CCO. The quantitative estimate of drug-likeness (QED) is 0.646. The second-order valence-electron chi connectivity index (χ2n) is 5.25. The van der Waals surface area contributed by atoms with E-state index in [1.807, 2.05) is 18.2 Å². The van der Waals surface area contributed by atoms with E-state index in [9.17, 15) is 8.42 Å². The molecule has 0 radical (unpaired) electrons. The Hall–Kier alpha value is -1.45. The molecule has 6 nitrogen and oxygen atoms in total. The monoisotopic (exact) mass is 413 g/mol. The van der Waals surface area contributed by atoms with Crippen molar-refractivity contribution in [3.8, 4) is 0 Å². The molecule has 2 N–H and O–H groups in total. The number of nitrogens with zero attached hydrogens (tertiary/aromatic N) is 1. The molecule has 0 aliphatic carbocycles. The van der Waals surface area contributed by atoms with E-state index >= 15 is 0 Å². The minimum atomic E-state index is -3.81. The van der Waals surface area contributed by atoms with Gasteiger partial charge in [-0.3, -0.25) is 0 Å². The third-order valence-electron chi connectivity index (χ3n) is 3.74. The summed E-state index contributed by atoms with van der Waals surface area (Å²) in [6.07, 6.45) is 0. The second-order valence-corrected chi connectivity index (χ2v) is 8.11. The normalized spacial score (nSPS) is 12.5. The van der Waals surface area contributed by atoms with Crippen LogP contribution >= 0.6 is 15.9 Å². The van der Waals surface area contributed by atoms with Crippen molar-refractivity contribution in [3.63, 3.8) is 0 Å². The van der Waals surface area contributed by atoms with Gasteiger partial charge in [0.15, 0.2) is 0 Å². The highest BCUT2D eigenvalue weighted by Crippen LogP contribution is 2.32. The molecule has 8 heteroatoms. The van der Waals surface area contributed by atoms with Gasteiger partial charge in [0.05, 0.1) is 18.1 Å². The minimum Gasteiger partial charge on any atom is -0.456 e. The Morgan fingerprint density at radius 3 is 2.33 bits per heavy atom. The van der Waals surface area contributed by atoms with Crippen LogP contribution in [-0.2, 0) is 10.0 Å². The third kappa shape index (κ3) is 3.07. The van der Waals surface area contributed by atoms with Gasteiger partial charge in [-0.05, 0) is 36.4 Å². The van der Waals surface area contributed by atoms with E-state index in [-0.39, 0.29) is 31.2 Å². The summed E-state index contributed by atoms with van der Waals surface area (Å²) in [4.78, 5) is 0.0996. The Morgan fingerprint density at radius 1 is 0.958 bits per heavy atom. The van der Waals surface area contributed by atoms with Crippen LogP contribution < -0.4 is 0 Å². The lowest BCUT2D eigenvalue weighted by Crippen LogP contribution is -2.35. The van der Waals surface area contributed by atoms with Crippen molar-refractivity contribution in [2.45, 2.75) is 4.90 Å². The molecule has 0 unspecified atom stereocenters. The zero-order valence-corrected chi connectivity index (χ0v) is 15.0. The predicted octanol–water partition coefficient (Wildman–Crippen LogP) is 2.32. The summed E-state index contributed by atoms with van der Waals surface area (Å²) >= 11 is 3.38. The Balaban J connectivity index is 2.14. The standard InChI is InChI=1S/C16H16BrNO5S/c17-11-1-3-13-14-10-12(2-4-15(14)23-16(13)9-11)24(21,22)18(5-7-19)6-8-20/h1-4,9-10,19-20H,5-8H2. The number of aliphatic hydroxyl groups excluding tert-OH is 2. The number of benzene rings is 2. The summed E-state index contributed by atoms with van der Waals surface area (Å²) in [5.74, 6) is 0. The molecule has 2 aromatic carbocycles. The molecular formula is C16H16BrNO5S. The number of sulfonamides is 1. The number of furan rings is 1. The Labute approximate surface area is 147 Å². The van der Waals surface area contributed by atoms with Gasteiger partial charge < -0.3 is 14.6 Å². The average Bonchev–Trinajstić information content (AvgIpc) is 2.91. The summed E-state index contributed by atoms with van der Waals surface area (Å²) < 4.78 is 33.1. The van der Waals surface area contributed by atoms with Gasteiger partial charge in [0.2, 0.25) is 10.0 Å². The molecule has 3 rings (SSSR count). The van der Waals surface area contributed by atoms with Gasteiger partial charge in [-0.15, -0.1) is 0 Å². The van der Waals surface area contributed by atoms with Gasteiger partial charge in [-0.1, -0.05) is 15.9 Å². The maximum atomic E-state index is 12.7. The number of aliphatic hydroxyl groups is 2. The molecule has 0 saturated heterocycles. The van der Waals surface area contributed by atoms with Crippen LogP contribution in [0.2, 0.25) is 0 Å². The van der Waals surface area contributed by atoms with Gasteiger partial charge in [0.25, 0.3) is 0 Å². The van der Waals surface area contributed by atoms with Crippen LogP contribution in [0.1, 0.15) is 0 Å². The number of hydrogen-bond donors (Lipinski definition) is 2. The average molecular weight is 414 g/mol. The number of hydrogen-bond acceptors (Lipinski definition) is 5. The molecule has 128 valence electrons. The zero-order valence-electron chi connectivity index (χ0n) is 12.6. The summed E-state index contributed by atoms with van der Waals surface area (Å²) in [6, 6.07) is 10.2. The van der Waals surface area contributed by atoms with Crippen LogP contribution in [0.5, 0.6) is 0 Å². The van der Waals surface area contributed by atoms with Crippen molar-refractivity contribution in [1.29, 1.82) is 0 Å². The molecule has 0 spiro atoms. The van der Waals surface area contributed by atoms with E-state index in [0.29, 0.717) is 16.6 Å². The summed E-state index contributed by atoms with van der Waals surface area (Å²) in [5.41, 5.74) is 1.26. The topological polar surface area (TPSA) is 91.0 Å². The zero-order chi connectivity index (χ0) is 17.3. The number of halogens is 1. The molecule has 1 heterocycles. The van der Waals surface area contributed by atoms with E-state index in [1.54, 1.807) is 12.1 Å². The lowest BCUT2D eigenvalue weighted by atomic mass is 10.1. The van der Waals surface area contributed by atoms with Gasteiger partial charge in [-0.2, -0.15) is 4.31 Å². The van der Waals surface area contributed by atoms with E-state index in [0.717, 1.165) is 14.2 Å². The molecule has 0 saturated carbocycles. The number of rotatable bonds is 6. The van der Waals surface area contributed by atoms with Crippen molar-refractivity contribution in [3.05, 3.63) is 40.9 Å². The van der Waals surface area contributed by atoms with Crippen molar-refractivity contribution in [1.82, 2.24) is 4.31 Å². The predicted molar refractivity (Wildman–Crippen MR) is 94.4 cm³/mol.